The van der Waals surface area contributed by atoms with Crippen molar-refractivity contribution in [1.82, 2.24) is 4.90 Å². The number of rotatable bonds is 2. The van der Waals surface area contributed by atoms with E-state index in [1.807, 2.05) is 6.07 Å². The van der Waals surface area contributed by atoms with E-state index in [1.165, 1.54) is 0 Å². The molecule has 3 rings (SSSR count). The van der Waals surface area contributed by atoms with Crippen molar-refractivity contribution in [3.05, 3.63) is 29.3 Å². The number of fused-ring (bicyclic) bond motifs is 1. The Kier molecular flexibility index (Phi) is 2.98. The number of ether oxygens (including phenoxy) is 1. The van der Waals surface area contributed by atoms with Crippen LogP contribution in [0.5, 0.6) is 0 Å². The number of hydrogen-bond acceptors (Lipinski definition) is 3. The third-order valence-electron chi connectivity index (χ3n) is 3.61. The van der Waals surface area contributed by atoms with Crippen LogP contribution in [0.2, 0.25) is 0 Å². The molecule has 5 heteroatoms. The summed E-state index contributed by atoms with van der Waals surface area (Å²) in [5, 5.41) is 2.79. The van der Waals surface area contributed by atoms with Gasteiger partial charge >= 0.3 is 6.03 Å². The Hall–Kier alpha value is -1.88. The maximum Gasteiger partial charge on any atom is 0.321 e. The molecule has 5 nitrogen and oxygen atoms in total. The Labute approximate surface area is 111 Å². The standard InChI is InChI=1S/C14H16N2O3/c1-16-8-10-7-9(4-5-11(10)15-14(16)18)13(17)12-3-2-6-19-12/h4-5,7,12H,2-3,6,8H2,1H3,(H,15,18). The van der Waals surface area contributed by atoms with Crippen LogP contribution in [-0.4, -0.2) is 36.5 Å². The van der Waals surface area contributed by atoms with Gasteiger partial charge in [0.15, 0.2) is 5.78 Å². The number of carbonyl (C=O) groups is 2. The summed E-state index contributed by atoms with van der Waals surface area (Å²) in [6.07, 6.45) is 1.45. The Morgan fingerprint density at radius 3 is 3.05 bits per heavy atom. The van der Waals surface area contributed by atoms with Gasteiger partial charge in [-0.15, -0.1) is 0 Å². The summed E-state index contributed by atoms with van der Waals surface area (Å²) in [5.74, 6) is 0.0415. The average Bonchev–Trinajstić information content (AvgIpc) is 2.93. The molecule has 1 aromatic rings. The summed E-state index contributed by atoms with van der Waals surface area (Å²) in [4.78, 5) is 25.4. The minimum absolute atomic E-state index is 0.0415. The largest absolute Gasteiger partial charge is 0.370 e. The fraction of sp³-hybridized carbons (Fsp3) is 0.429. The first-order valence-corrected chi connectivity index (χ1v) is 6.46. The summed E-state index contributed by atoms with van der Waals surface area (Å²) in [7, 11) is 1.73. The van der Waals surface area contributed by atoms with Crippen LogP contribution in [0.4, 0.5) is 10.5 Å². The molecule has 1 unspecified atom stereocenters. The monoisotopic (exact) mass is 260 g/mol. The van der Waals surface area contributed by atoms with Gasteiger partial charge in [0.2, 0.25) is 0 Å². The van der Waals surface area contributed by atoms with Crippen molar-refractivity contribution >= 4 is 17.5 Å². The molecule has 1 aromatic carbocycles. The molecule has 2 aliphatic heterocycles. The minimum Gasteiger partial charge on any atom is -0.370 e. The zero-order valence-electron chi connectivity index (χ0n) is 10.8. The smallest absolute Gasteiger partial charge is 0.321 e. The van der Waals surface area contributed by atoms with Gasteiger partial charge in [0.05, 0.1) is 0 Å². The first-order valence-electron chi connectivity index (χ1n) is 6.46. The van der Waals surface area contributed by atoms with Crippen molar-refractivity contribution in [1.29, 1.82) is 0 Å². The van der Waals surface area contributed by atoms with E-state index in [0.717, 1.165) is 24.1 Å². The molecule has 0 bridgehead atoms. The lowest BCUT2D eigenvalue weighted by Gasteiger charge is -2.26. The van der Waals surface area contributed by atoms with E-state index < -0.39 is 0 Å². The lowest BCUT2D eigenvalue weighted by atomic mass is 10.00. The second kappa shape index (κ2) is 4.66. The number of nitrogens with one attached hydrogen (secondary N) is 1. The van der Waals surface area contributed by atoms with Crippen LogP contribution in [0, 0.1) is 0 Å². The van der Waals surface area contributed by atoms with E-state index >= 15 is 0 Å². The number of benzene rings is 1. The molecule has 1 atom stereocenters. The molecule has 1 saturated heterocycles. The lowest BCUT2D eigenvalue weighted by molar-refractivity contribution is 0.0643. The first-order chi connectivity index (χ1) is 9.15. The van der Waals surface area contributed by atoms with Crippen molar-refractivity contribution in [2.75, 3.05) is 19.0 Å². The molecular formula is C14H16N2O3. The number of anilines is 1. The first kappa shape index (κ1) is 12.2. The van der Waals surface area contributed by atoms with Crippen molar-refractivity contribution in [2.24, 2.45) is 0 Å². The normalized spacial score (nSPS) is 22.1. The summed E-state index contributed by atoms with van der Waals surface area (Å²) < 4.78 is 5.42. The number of urea groups is 1. The summed E-state index contributed by atoms with van der Waals surface area (Å²) >= 11 is 0. The molecule has 0 aliphatic carbocycles. The van der Waals surface area contributed by atoms with Crippen LogP contribution in [-0.2, 0) is 11.3 Å². The van der Waals surface area contributed by atoms with E-state index in [4.69, 9.17) is 4.74 Å². The highest BCUT2D eigenvalue weighted by Crippen LogP contribution is 2.25. The van der Waals surface area contributed by atoms with Crippen LogP contribution in [0.25, 0.3) is 0 Å². The van der Waals surface area contributed by atoms with Crippen molar-refractivity contribution in [3.63, 3.8) is 0 Å². The molecule has 0 spiro atoms. The molecule has 2 heterocycles. The Morgan fingerprint density at radius 1 is 1.47 bits per heavy atom. The number of ketones is 1. The van der Waals surface area contributed by atoms with Crippen molar-refractivity contribution in [2.45, 2.75) is 25.5 Å². The highest BCUT2D eigenvalue weighted by Gasteiger charge is 2.26. The van der Waals surface area contributed by atoms with E-state index in [-0.39, 0.29) is 17.9 Å². The van der Waals surface area contributed by atoms with Gasteiger partial charge in [-0.3, -0.25) is 4.79 Å². The maximum atomic E-state index is 12.3. The topological polar surface area (TPSA) is 58.6 Å². The van der Waals surface area contributed by atoms with Crippen LogP contribution in [0.15, 0.2) is 18.2 Å². The number of Topliss-reactive ketones (excluding diaryl/α,β-unsaturated/α-hetero) is 1. The molecule has 0 saturated carbocycles. The number of amides is 2. The van der Waals surface area contributed by atoms with Crippen LogP contribution in [0.3, 0.4) is 0 Å². The van der Waals surface area contributed by atoms with Gasteiger partial charge in [-0.2, -0.15) is 0 Å². The minimum atomic E-state index is -0.297. The SMILES string of the molecule is CN1Cc2cc(C(=O)C3CCCO3)ccc2NC1=O. The number of hydrogen-bond donors (Lipinski definition) is 1. The van der Waals surface area contributed by atoms with Crippen LogP contribution < -0.4 is 5.32 Å². The van der Waals surface area contributed by atoms with Gasteiger partial charge in [0, 0.05) is 31.5 Å². The molecule has 19 heavy (non-hydrogen) atoms. The van der Waals surface area contributed by atoms with E-state index in [1.54, 1.807) is 24.1 Å². The summed E-state index contributed by atoms with van der Waals surface area (Å²) in [6, 6.07) is 5.29. The molecule has 100 valence electrons. The Bertz CT molecular complexity index is 535. The Balaban J connectivity index is 1.87. The third kappa shape index (κ3) is 2.21. The molecule has 1 fully saturated rings. The zero-order valence-corrected chi connectivity index (χ0v) is 10.8. The number of carbonyl (C=O) groups excluding carboxylic acids is 2. The molecule has 1 N–H and O–H groups in total. The van der Waals surface area contributed by atoms with E-state index in [9.17, 15) is 9.59 Å². The highest BCUT2D eigenvalue weighted by atomic mass is 16.5. The summed E-state index contributed by atoms with van der Waals surface area (Å²) in [5.41, 5.74) is 2.41. The summed E-state index contributed by atoms with van der Waals surface area (Å²) in [6.45, 7) is 1.19. The molecule has 0 aromatic heterocycles. The van der Waals surface area contributed by atoms with Gasteiger partial charge in [-0.1, -0.05) is 0 Å². The fourth-order valence-electron chi connectivity index (χ4n) is 2.51. The second-order valence-corrected chi connectivity index (χ2v) is 5.02. The van der Waals surface area contributed by atoms with Gasteiger partial charge in [0.1, 0.15) is 6.10 Å². The molecule has 0 radical (unpaired) electrons. The molecule has 2 amide bonds. The average molecular weight is 260 g/mol. The van der Waals surface area contributed by atoms with Gasteiger partial charge < -0.3 is 15.0 Å². The van der Waals surface area contributed by atoms with Gasteiger partial charge in [-0.05, 0) is 36.6 Å². The second-order valence-electron chi connectivity index (χ2n) is 5.02. The van der Waals surface area contributed by atoms with E-state index in [0.29, 0.717) is 18.7 Å². The molecular weight excluding hydrogens is 244 g/mol. The van der Waals surface area contributed by atoms with E-state index in [2.05, 4.69) is 5.32 Å². The van der Waals surface area contributed by atoms with Crippen molar-refractivity contribution < 1.29 is 14.3 Å². The van der Waals surface area contributed by atoms with Crippen LogP contribution in [0.1, 0.15) is 28.8 Å². The van der Waals surface area contributed by atoms with Crippen LogP contribution >= 0.6 is 0 Å². The number of nitrogens with zero attached hydrogens (tertiary/aromatic N) is 1. The molecule has 2 aliphatic rings. The predicted molar refractivity (Wildman–Crippen MR) is 70.2 cm³/mol. The predicted octanol–water partition coefficient (Wildman–Crippen LogP) is 2.03. The fourth-order valence-corrected chi connectivity index (χ4v) is 2.51. The van der Waals surface area contributed by atoms with Gasteiger partial charge in [-0.25, -0.2) is 4.79 Å². The quantitative estimate of drug-likeness (QED) is 0.828. The van der Waals surface area contributed by atoms with Crippen molar-refractivity contribution in [3.8, 4) is 0 Å². The van der Waals surface area contributed by atoms with Gasteiger partial charge in [0.25, 0.3) is 0 Å². The highest BCUT2D eigenvalue weighted by molar-refractivity contribution is 6.01. The zero-order chi connectivity index (χ0) is 13.4. The maximum absolute atomic E-state index is 12.3. The lowest BCUT2D eigenvalue weighted by Crippen LogP contribution is -2.35. The third-order valence-corrected chi connectivity index (χ3v) is 3.61. The Morgan fingerprint density at radius 2 is 2.32 bits per heavy atom.